The van der Waals surface area contributed by atoms with Gasteiger partial charge in [0.15, 0.2) is 5.76 Å². The number of piperidine rings is 1. The molecule has 2 aromatic rings. The average molecular weight is 377 g/mol. The number of nitrogens with one attached hydrogen (secondary N) is 1. The average Bonchev–Trinajstić information content (AvgIpc) is 3.04. The molecule has 1 aliphatic heterocycles. The van der Waals surface area contributed by atoms with Crippen molar-refractivity contribution in [3.05, 3.63) is 41.5 Å². The minimum atomic E-state index is -3.53. The van der Waals surface area contributed by atoms with Crippen LogP contribution in [0.15, 0.2) is 33.7 Å². The van der Waals surface area contributed by atoms with Gasteiger partial charge in [-0.1, -0.05) is 13.3 Å². The van der Waals surface area contributed by atoms with Crippen molar-refractivity contribution in [3.8, 4) is 0 Å². The Morgan fingerprint density at radius 1 is 1.27 bits per heavy atom. The molecule has 1 fully saturated rings. The van der Waals surface area contributed by atoms with Crippen molar-refractivity contribution in [2.45, 2.75) is 44.4 Å². The van der Waals surface area contributed by atoms with Gasteiger partial charge >= 0.3 is 0 Å². The zero-order valence-corrected chi connectivity index (χ0v) is 15.8. The summed E-state index contributed by atoms with van der Waals surface area (Å²) in [7, 11) is -3.53. The minimum Gasteiger partial charge on any atom is -0.456 e. The van der Waals surface area contributed by atoms with E-state index < -0.39 is 15.9 Å². The number of aryl methyl sites for hydroxylation is 2. The van der Waals surface area contributed by atoms with Crippen LogP contribution in [-0.2, 0) is 16.4 Å². The number of nitrogens with zero attached hydrogens (tertiary/aromatic N) is 2. The van der Waals surface area contributed by atoms with E-state index in [9.17, 15) is 13.2 Å². The van der Waals surface area contributed by atoms with E-state index >= 15 is 0 Å². The number of furan rings is 1. The number of carbonyl (C=O) groups is 1. The number of rotatable bonds is 5. The Hall–Kier alpha value is -2.19. The van der Waals surface area contributed by atoms with Crippen LogP contribution in [0, 0.1) is 6.92 Å². The van der Waals surface area contributed by atoms with Crippen LogP contribution in [0.3, 0.4) is 0 Å². The first kappa shape index (κ1) is 18.6. The third-order valence-electron chi connectivity index (χ3n) is 4.45. The maximum absolute atomic E-state index is 12.6. The standard InChI is InChI=1S/C18H23N3O4S/c1-3-14-11-13(2)17(25-14)18(22)20-16-8-7-15(12-19-16)26(23,24)21-9-5-4-6-10-21/h7-8,11-12H,3-6,9-10H2,1-2H3,(H,19,20,22). The molecule has 1 amide bonds. The quantitative estimate of drug-likeness (QED) is 0.865. The molecule has 1 aliphatic rings. The zero-order valence-electron chi connectivity index (χ0n) is 15.0. The van der Waals surface area contributed by atoms with E-state index in [0.717, 1.165) is 30.6 Å². The highest BCUT2D eigenvalue weighted by Crippen LogP contribution is 2.21. The SMILES string of the molecule is CCc1cc(C)c(C(=O)Nc2ccc(S(=O)(=O)N3CCCCC3)cn2)o1. The highest BCUT2D eigenvalue weighted by Gasteiger charge is 2.26. The van der Waals surface area contributed by atoms with Crippen molar-refractivity contribution in [2.24, 2.45) is 0 Å². The monoisotopic (exact) mass is 377 g/mol. The molecule has 3 rings (SSSR count). The summed E-state index contributed by atoms with van der Waals surface area (Å²) in [4.78, 5) is 16.5. The molecule has 2 aromatic heterocycles. The Morgan fingerprint density at radius 2 is 2.00 bits per heavy atom. The summed E-state index contributed by atoms with van der Waals surface area (Å²) in [6.45, 7) is 4.83. The summed E-state index contributed by atoms with van der Waals surface area (Å²) < 4.78 is 32.2. The molecule has 0 unspecified atom stereocenters. The van der Waals surface area contributed by atoms with E-state index in [-0.39, 0.29) is 16.5 Å². The summed E-state index contributed by atoms with van der Waals surface area (Å²) in [5.74, 6) is 0.861. The summed E-state index contributed by atoms with van der Waals surface area (Å²) in [5.41, 5.74) is 0.753. The van der Waals surface area contributed by atoms with Gasteiger partial charge in [0.05, 0.1) is 0 Å². The molecule has 140 valence electrons. The molecule has 0 saturated carbocycles. The van der Waals surface area contributed by atoms with Crippen LogP contribution >= 0.6 is 0 Å². The van der Waals surface area contributed by atoms with Crippen molar-refractivity contribution in [1.82, 2.24) is 9.29 Å². The van der Waals surface area contributed by atoms with Gasteiger partial charge in [0.2, 0.25) is 10.0 Å². The fourth-order valence-corrected chi connectivity index (χ4v) is 4.44. The molecular weight excluding hydrogens is 354 g/mol. The Balaban J connectivity index is 1.73. The molecule has 3 heterocycles. The van der Waals surface area contributed by atoms with Gasteiger partial charge in [0.1, 0.15) is 16.5 Å². The molecular formula is C18H23N3O4S. The molecule has 26 heavy (non-hydrogen) atoms. The number of aromatic nitrogens is 1. The highest BCUT2D eigenvalue weighted by molar-refractivity contribution is 7.89. The number of carbonyl (C=O) groups excluding carboxylic acids is 1. The van der Waals surface area contributed by atoms with Crippen molar-refractivity contribution >= 4 is 21.7 Å². The number of pyridine rings is 1. The van der Waals surface area contributed by atoms with Gasteiger partial charge in [-0.2, -0.15) is 4.31 Å². The highest BCUT2D eigenvalue weighted by atomic mass is 32.2. The molecule has 1 saturated heterocycles. The van der Waals surface area contributed by atoms with Gasteiger partial charge in [-0.3, -0.25) is 4.79 Å². The second-order valence-electron chi connectivity index (χ2n) is 6.38. The van der Waals surface area contributed by atoms with Crippen molar-refractivity contribution in [3.63, 3.8) is 0 Å². The summed E-state index contributed by atoms with van der Waals surface area (Å²) in [6, 6.07) is 4.80. The van der Waals surface area contributed by atoms with Gasteiger partial charge in [-0.25, -0.2) is 13.4 Å². The lowest BCUT2D eigenvalue weighted by Gasteiger charge is -2.25. The smallest absolute Gasteiger partial charge is 0.292 e. The van der Waals surface area contributed by atoms with Crippen molar-refractivity contribution in [1.29, 1.82) is 0 Å². The van der Waals surface area contributed by atoms with Gasteiger partial charge in [-0.15, -0.1) is 0 Å². The van der Waals surface area contributed by atoms with Crippen molar-refractivity contribution < 1.29 is 17.6 Å². The number of amides is 1. The molecule has 0 spiro atoms. The zero-order chi connectivity index (χ0) is 18.7. The molecule has 0 radical (unpaired) electrons. The maximum atomic E-state index is 12.6. The van der Waals surface area contributed by atoms with E-state index in [1.807, 2.05) is 13.0 Å². The Labute approximate surface area is 153 Å². The molecule has 0 atom stereocenters. The lowest BCUT2D eigenvalue weighted by atomic mass is 10.2. The lowest BCUT2D eigenvalue weighted by molar-refractivity contribution is 0.0994. The summed E-state index contributed by atoms with van der Waals surface area (Å²) >= 11 is 0. The van der Waals surface area contributed by atoms with Gasteiger partial charge in [-0.05, 0) is 38.0 Å². The summed E-state index contributed by atoms with van der Waals surface area (Å²) in [6.07, 6.45) is 4.80. The van der Waals surface area contributed by atoms with Crippen LogP contribution < -0.4 is 5.32 Å². The normalized spacial score (nSPS) is 15.8. The van der Waals surface area contributed by atoms with E-state index in [0.29, 0.717) is 19.5 Å². The Morgan fingerprint density at radius 3 is 2.58 bits per heavy atom. The van der Waals surface area contributed by atoms with Gasteiger partial charge in [0, 0.05) is 31.3 Å². The minimum absolute atomic E-state index is 0.139. The fraction of sp³-hybridized carbons (Fsp3) is 0.444. The second kappa shape index (κ2) is 7.59. The number of hydrogen-bond acceptors (Lipinski definition) is 5. The topological polar surface area (TPSA) is 92.5 Å². The van der Waals surface area contributed by atoms with Crippen LogP contribution in [0.1, 0.15) is 48.1 Å². The van der Waals surface area contributed by atoms with Crippen LogP contribution in [-0.4, -0.2) is 36.7 Å². The third-order valence-corrected chi connectivity index (χ3v) is 6.34. The molecule has 0 aromatic carbocycles. The first-order chi connectivity index (χ1) is 12.4. The van der Waals surface area contributed by atoms with Crippen LogP contribution in [0.5, 0.6) is 0 Å². The molecule has 1 N–H and O–H groups in total. The van der Waals surface area contributed by atoms with Crippen molar-refractivity contribution in [2.75, 3.05) is 18.4 Å². The predicted molar refractivity (Wildman–Crippen MR) is 97.6 cm³/mol. The maximum Gasteiger partial charge on any atom is 0.292 e. The van der Waals surface area contributed by atoms with Crippen LogP contribution in [0.4, 0.5) is 5.82 Å². The second-order valence-corrected chi connectivity index (χ2v) is 8.31. The van der Waals surface area contributed by atoms with Gasteiger partial charge in [0.25, 0.3) is 5.91 Å². The Bertz CT molecular complexity index is 882. The Kier molecular flexibility index (Phi) is 5.43. The molecule has 0 aliphatic carbocycles. The molecule has 7 nitrogen and oxygen atoms in total. The lowest BCUT2D eigenvalue weighted by Crippen LogP contribution is -2.35. The van der Waals surface area contributed by atoms with Crippen LogP contribution in [0.2, 0.25) is 0 Å². The first-order valence-electron chi connectivity index (χ1n) is 8.78. The third kappa shape index (κ3) is 3.81. The van der Waals surface area contributed by atoms with Crippen LogP contribution in [0.25, 0.3) is 0 Å². The number of anilines is 1. The summed E-state index contributed by atoms with van der Waals surface area (Å²) in [5, 5.41) is 2.64. The molecule has 8 heteroatoms. The van der Waals surface area contributed by atoms with E-state index in [1.54, 1.807) is 6.92 Å². The van der Waals surface area contributed by atoms with E-state index in [2.05, 4.69) is 10.3 Å². The fourth-order valence-electron chi connectivity index (χ4n) is 2.98. The van der Waals surface area contributed by atoms with E-state index in [4.69, 9.17) is 4.42 Å². The predicted octanol–water partition coefficient (Wildman–Crippen LogP) is 2.97. The molecule has 0 bridgehead atoms. The van der Waals surface area contributed by atoms with E-state index in [1.165, 1.54) is 22.6 Å². The van der Waals surface area contributed by atoms with Gasteiger partial charge < -0.3 is 9.73 Å². The first-order valence-corrected chi connectivity index (χ1v) is 10.2. The number of hydrogen-bond donors (Lipinski definition) is 1. The largest absolute Gasteiger partial charge is 0.456 e. The number of sulfonamides is 1.